The number of hydrogen-bond acceptors (Lipinski definition) is 4. The van der Waals surface area contributed by atoms with Gasteiger partial charge in [0.15, 0.2) is 0 Å². The maximum Gasteiger partial charge on any atom is 0.376 e. The third kappa shape index (κ3) is 4.18. The van der Waals surface area contributed by atoms with E-state index in [9.17, 15) is 4.79 Å². The lowest BCUT2D eigenvalue weighted by molar-refractivity contribution is 0.00555. The van der Waals surface area contributed by atoms with E-state index in [1.165, 1.54) is 12.4 Å². The van der Waals surface area contributed by atoms with E-state index in [1.807, 2.05) is 0 Å². The molecule has 1 rings (SSSR count). The van der Waals surface area contributed by atoms with Gasteiger partial charge in [-0.2, -0.15) is 0 Å². The zero-order valence-corrected chi connectivity index (χ0v) is 9.17. The Morgan fingerprint density at radius 3 is 2.21 bits per heavy atom. The Bertz CT molecular complexity index is 295. The lowest BCUT2D eigenvalue weighted by atomic mass is 10.2. The SMILES string of the molecule is CC(C)(C)OC(=O)c1ncccn1.Cl. The van der Waals surface area contributed by atoms with Gasteiger partial charge < -0.3 is 4.74 Å². The number of aromatic nitrogens is 2. The second kappa shape index (κ2) is 4.91. The molecular weight excluding hydrogens is 204 g/mol. The number of rotatable bonds is 1. The topological polar surface area (TPSA) is 52.1 Å². The molecule has 0 saturated carbocycles. The van der Waals surface area contributed by atoms with Gasteiger partial charge in [0.05, 0.1) is 0 Å². The van der Waals surface area contributed by atoms with Crippen molar-refractivity contribution >= 4 is 18.4 Å². The van der Waals surface area contributed by atoms with Crippen LogP contribution >= 0.6 is 12.4 Å². The van der Waals surface area contributed by atoms with Gasteiger partial charge in [-0.25, -0.2) is 14.8 Å². The molecule has 4 nitrogen and oxygen atoms in total. The van der Waals surface area contributed by atoms with Gasteiger partial charge in [0.1, 0.15) is 5.60 Å². The molecule has 1 aromatic rings. The molecule has 1 heterocycles. The quantitative estimate of drug-likeness (QED) is 0.673. The minimum atomic E-state index is -0.504. The molecule has 0 aliphatic heterocycles. The molecule has 0 atom stereocenters. The number of carbonyl (C=O) groups is 1. The predicted octanol–water partition coefficient (Wildman–Crippen LogP) is 1.85. The Morgan fingerprint density at radius 1 is 1.29 bits per heavy atom. The molecule has 0 radical (unpaired) electrons. The van der Waals surface area contributed by atoms with Crippen molar-refractivity contribution in [2.24, 2.45) is 0 Å². The number of ether oxygens (including phenoxy) is 1. The summed E-state index contributed by atoms with van der Waals surface area (Å²) >= 11 is 0. The molecule has 0 amide bonds. The van der Waals surface area contributed by atoms with Crippen LogP contribution < -0.4 is 0 Å². The fraction of sp³-hybridized carbons (Fsp3) is 0.444. The van der Waals surface area contributed by atoms with E-state index in [0.29, 0.717) is 0 Å². The Morgan fingerprint density at radius 2 is 1.79 bits per heavy atom. The van der Waals surface area contributed by atoms with E-state index < -0.39 is 11.6 Å². The molecule has 5 heteroatoms. The van der Waals surface area contributed by atoms with Crippen molar-refractivity contribution in [3.63, 3.8) is 0 Å². The van der Waals surface area contributed by atoms with Crippen molar-refractivity contribution in [3.8, 4) is 0 Å². The highest BCUT2D eigenvalue weighted by Gasteiger charge is 2.19. The number of halogens is 1. The van der Waals surface area contributed by atoms with Gasteiger partial charge in [-0.3, -0.25) is 0 Å². The second-order valence-corrected chi connectivity index (χ2v) is 3.57. The normalized spacial score (nSPS) is 10.2. The van der Waals surface area contributed by atoms with Crippen LogP contribution in [0.2, 0.25) is 0 Å². The minimum Gasteiger partial charge on any atom is -0.454 e. The average Bonchev–Trinajstić information content (AvgIpc) is 2.03. The third-order valence-corrected chi connectivity index (χ3v) is 1.15. The summed E-state index contributed by atoms with van der Waals surface area (Å²) in [5, 5.41) is 0. The number of carbonyl (C=O) groups excluding carboxylic acids is 1. The van der Waals surface area contributed by atoms with E-state index in [4.69, 9.17) is 4.74 Å². The lowest BCUT2D eigenvalue weighted by Gasteiger charge is -2.18. The van der Waals surface area contributed by atoms with Crippen LogP contribution in [0.5, 0.6) is 0 Å². The molecule has 78 valence electrons. The largest absolute Gasteiger partial charge is 0.454 e. The Kier molecular flexibility index (Phi) is 4.50. The van der Waals surface area contributed by atoms with Crippen LogP contribution in [0.15, 0.2) is 18.5 Å². The van der Waals surface area contributed by atoms with Gasteiger partial charge in [0.25, 0.3) is 0 Å². The van der Waals surface area contributed by atoms with Gasteiger partial charge in [0, 0.05) is 12.4 Å². The molecule has 0 saturated heterocycles. The summed E-state index contributed by atoms with van der Waals surface area (Å²) in [7, 11) is 0. The van der Waals surface area contributed by atoms with Gasteiger partial charge in [-0.15, -0.1) is 12.4 Å². The first kappa shape index (κ1) is 12.8. The molecule has 0 fully saturated rings. The summed E-state index contributed by atoms with van der Waals surface area (Å²) in [5.41, 5.74) is -0.504. The van der Waals surface area contributed by atoms with Crippen molar-refractivity contribution in [3.05, 3.63) is 24.3 Å². The van der Waals surface area contributed by atoms with Crippen LogP contribution in [-0.4, -0.2) is 21.5 Å². The smallest absolute Gasteiger partial charge is 0.376 e. The molecule has 0 aliphatic rings. The molecule has 0 bridgehead atoms. The Hall–Kier alpha value is -1.16. The van der Waals surface area contributed by atoms with Gasteiger partial charge >= 0.3 is 5.97 Å². The van der Waals surface area contributed by atoms with Crippen molar-refractivity contribution in [2.75, 3.05) is 0 Å². The highest BCUT2D eigenvalue weighted by molar-refractivity contribution is 5.85. The van der Waals surface area contributed by atoms with E-state index in [-0.39, 0.29) is 18.2 Å². The van der Waals surface area contributed by atoms with Crippen LogP contribution in [0, 0.1) is 0 Å². The van der Waals surface area contributed by atoms with Crippen LogP contribution in [0.1, 0.15) is 31.4 Å². The monoisotopic (exact) mass is 216 g/mol. The maximum atomic E-state index is 11.3. The molecule has 0 unspecified atom stereocenters. The van der Waals surface area contributed by atoms with Gasteiger partial charge in [-0.05, 0) is 26.8 Å². The van der Waals surface area contributed by atoms with Crippen molar-refractivity contribution in [1.29, 1.82) is 0 Å². The first-order valence-electron chi connectivity index (χ1n) is 3.99. The fourth-order valence-electron chi connectivity index (χ4n) is 0.728. The summed E-state index contributed by atoms with van der Waals surface area (Å²) in [4.78, 5) is 18.9. The van der Waals surface area contributed by atoms with Gasteiger partial charge in [-0.1, -0.05) is 0 Å². The second-order valence-electron chi connectivity index (χ2n) is 3.57. The number of nitrogens with zero attached hydrogens (tertiary/aromatic N) is 2. The summed E-state index contributed by atoms with van der Waals surface area (Å²) in [6.45, 7) is 5.40. The zero-order valence-electron chi connectivity index (χ0n) is 8.35. The molecule has 0 aromatic carbocycles. The van der Waals surface area contributed by atoms with E-state index in [1.54, 1.807) is 26.8 Å². The molecule has 0 spiro atoms. The van der Waals surface area contributed by atoms with Crippen LogP contribution in [0.25, 0.3) is 0 Å². The summed E-state index contributed by atoms with van der Waals surface area (Å²) in [6.07, 6.45) is 3.01. The summed E-state index contributed by atoms with van der Waals surface area (Å²) in [6, 6.07) is 1.65. The van der Waals surface area contributed by atoms with E-state index in [0.717, 1.165) is 0 Å². The standard InChI is InChI=1S/C9H12N2O2.ClH/c1-9(2,3)13-8(12)7-10-5-4-6-11-7;/h4-6H,1-3H3;1H. The Labute approximate surface area is 89.1 Å². The molecule has 1 aromatic heterocycles. The fourth-order valence-corrected chi connectivity index (χ4v) is 0.728. The van der Waals surface area contributed by atoms with Crippen LogP contribution in [0.3, 0.4) is 0 Å². The van der Waals surface area contributed by atoms with Crippen molar-refractivity contribution in [1.82, 2.24) is 9.97 Å². The molecule has 0 aliphatic carbocycles. The minimum absolute atomic E-state index is 0. The van der Waals surface area contributed by atoms with Gasteiger partial charge in [0.2, 0.25) is 5.82 Å². The highest BCUT2D eigenvalue weighted by atomic mass is 35.5. The number of hydrogen-bond donors (Lipinski definition) is 0. The van der Waals surface area contributed by atoms with Crippen LogP contribution in [-0.2, 0) is 4.74 Å². The molecule has 0 N–H and O–H groups in total. The molecular formula is C9H13ClN2O2. The highest BCUT2D eigenvalue weighted by Crippen LogP contribution is 2.08. The average molecular weight is 217 g/mol. The predicted molar refractivity (Wildman–Crippen MR) is 54.4 cm³/mol. The maximum absolute atomic E-state index is 11.3. The molecule has 14 heavy (non-hydrogen) atoms. The van der Waals surface area contributed by atoms with E-state index in [2.05, 4.69) is 9.97 Å². The van der Waals surface area contributed by atoms with Crippen molar-refractivity contribution < 1.29 is 9.53 Å². The summed E-state index contributed by atoms with van der Waals surface area (Å²) in [5.74, 6) is -0.398. The van der Waals surface area contributed by atoms with Crippen LogP contribution in [0.4, 0.5) is 0 Å². The Balaban J connectivity index is 0.00000169. The zero-order chi connectivity index (χ0) is 9.90. The first-order valence-corrected chi connectivity index (χ1v) is 3.99. The number of esters is 1. The first-order chi connectivity index (χ1) is 5.99. The van der Waals surface area contributed by atoms with Crippen molar-refractivity contribution in [2.45, 2.75) is 26.4 Å². The lowest BCUT2D eigenvalue weighted by Crippen LogP contribution is -2.25. The third-order valence-electron chi connectivity index (χ3n) is 1.15. The van der Waals surface area contributed by atoms with E-state index >= 15 is 0 Å². The summed E-state index contributed by atoms with van der Waals surface area (Å²) < 4.78 is 5.06.